The molecule has 0 saturated heterocycles. The van der Waals surface area contributed by atoms with Gasteiger partial charge in [-0.1, -0.05) is 48.5 Å². The number of para-hydroxylation sites is 1. The molecule has 0 aromatic heterocycles. The van der Waals surface area contributed by atoms with Crippen LogP contribution in [0.5, 0.6) is 11.5 Å². The van der Waals surface area contributed by atoms with E-state index in [1.54, 1.807) is 18.2 Å². The molecule has 0 saturated carbocycles. The molecule has 2 atom stereocenters. The lowest BCUT2D eigenvalue weighted by molar-refractivity contribution is 0.0925. The Labute approximate surface area is 184 Å². The molecule has 0 radical (unpaired) electrons. The summed E-state index contributed by atoms with van der Waals surface area (Å²) in [4.78, 5) is 17.8. The van der Waals surface area contributed by atoms with Gasteiger partial charge in [-0.25, -0.2) is 0 Å². The van der Waals surface area contributed by atoms with Crippen LogP contribution in [0.25, 0.3) is 6.08 Å². The van der Waals surface area contributed by atoms with Crippen molar-refractivity contribution < 1.29 is 14.3 Å². The molecule has 2 aliphatic heterocycles. The number of hydrogen-bond acceptors (Lipinski definition) is 6. The normalized spacial score (nSPS) is 20.3. The highest BCUT2D eigenvalue weighted by molar-refractivity contribution is 5.95. The molecule has 32 heavy (non-hydrogen) atoms. The smallest absolute Gasteiger partial charge is 0.253 e. The van der Waals surface area contributed by atoms with Crippen LogP contribution in [0.15, 0.2) is 77.8 Å². The summed E-state index contributed by atoms with van der Waals surface area (Å²) in [5, 5.41) is 18.0. The van der Waals surface area contributed by atoms with Crippen molar-refractivity contribution in [2.75, 3.05) is 6.79 Å². The van der Waals surface area contributed by atoms with E-state index < -0.39 is 11.7 Å². The summed E-state index contributed by atoms with van der Waals surface area (Å²) < 4.78 is 10.7. The molecule has 2 unspecified atom stereocenters. The molecule has 0 spiro atoms. The number of nitrogens with one attached hydrogen (secondary N) is 2. The number of ether oxygens (including phenoxy) is 2. The van der Waals surface area contributed by atoms with Gasteiger partial charge in [0, 0.05) is 12.1 Å². The predicted molar refractivity (Wildman–Crippen MR) is 117 cm³/mol. The highest BCUT2D eigenvalue weighted by Gasteiger charge is 2.40. The van der Waals surface area contributed by atoms with Gasteiger partial charge in [0.15, 0.2) is 23.2 Å². The minimum Gasteiger partial charge on any atom is -0.454 e. The summed E-state index contributed by atoms with van der Waals surface area (Å²) in [6.07, 6.45) is 1.01. The Balaban J connectivity index is 1.48. The number of rotatable bonds is 5. The third kappa shape index (κ3) is 3.68. The van der Waals surface area contributed by atoms with Crippen molar-refractivity contribution in [1.82, 2.24) is 10.6 Å². The number of benzene rings is 3. The van der Waals surface area contributed by atoms with Gasteiger partial charge in [0.2, 0.25) is 6.79 Å². The molecule has 3 aromatic carbocycles. The minimum atomic E-state index is -1.23. The Morgan fingerprint density at radius 2 is 1.84 bits per heavy atom. The number of hydrogen-bond donors (Lipinski definition) is 2. The molecule has 2 heterocycles. The van der Waals surface area contributed by atoms with E-state index in [1.165, 1.54) is 0 Å². The third-order valence-corrected chi connectivity index (χ3v) is 5.53. The van der Waals surface area contributed by atoms with Crippen LogP contribution < -0.4 is 30.7 Å². The fourth-order valence-corrected chi connectivity index (χ4v) is 3.81. The first-order valence-electron chi connectivity index (χ1n) is 10.2. The zero-order chi connectivity index (χ0) is 22.0. The zero-order valence-corrected chi connectivity index (χ0v) is 17.1. The third-order valence-electron chi connectivity index (χ3n) is 5.53. The Morgan fingerprint density at radius 3 is 2.69 bits per heavy atom. The molecular weight excluding hydrogens is 404 g/mol. The van der Waals surface area contributed by atoms with Gasteiger partial charge in [0.05, 0.1) is 11.4 Å². The Morgan fingerprint density at radius 1 is 1.06 bits per heavy atom. The predicted octanol–water partition coefficient (Wildman–Crippen LogP) is 1.64. The number of carbonyl (C=O) groups is 1. The average Bonchev–Trinajstić information content (AvgIpc) is 3.31. The monoisotopic (exact) mass is 424 g/mol. The van der Waals surface area contributed by atoms with Gasteiger partial charge in [0.25, 0.3) is 5.91 Å². The molecule has 0 fully saturated rings. The minimum absolute atomic E-state index is 0.130. The molecule has 3 aromatic rings. The van der Waals surface area contributed by atoms with Crippen LogP contribution in [-0.4, -0.2) is 24.4 Å². The maximum Gasteiger partial charge on any atom is 0.253 e. The topological polar surface area (TPSA) is 95.7 Å². The lowest BCUT2D eigenvalue weighted by atomic mass is 9.92. The van der Waals surface area contributed by atoms with E-state index in [1.807, 2.05) is 60.7 Å². The first-order valence-corrected chi connectivity index (χ1v) is 10.2. The van der Waals surface area contributed by atoms with Crippen LogP contribution in [-0.2, 0) is 6.54 Å². The Bertz CT molecular complexity index is 1330. The van der Waals surface area contributed by atoms with Crippen molar-refractivity contribution >= 4 is 12.0 Å². The largest absolute Gasteiger partial charge is 0.454 e. The van der Waals surface area contributed by atoms with Crippen LogP contribution in [0.2, 0.25) is 0 Å². The molecule has 2 N–H and O–H groups in total. The standard InChI is InChI=1S/C25H20N4O3/c26-15-25(27-14-17-6-2-1-3-7-17)13-19-8-4-5-9-20(19)28-24(25)29-23(30)18-10-11-21-22(12-18)32-16-31-21/h1-13,24,27H,14,16H2,(H,29,30). The fourth-order valence-electron chi connectivity index (χ4n) is 3.81. The van der Waals surface area contributed by atoms with Crippen LogP contribution in [0.3, 0.4) is 0 Å². The molecular formula is C25H20N4O3. The van der Waals surface area contributed by atoms with Crippen LogP contribution in [0.4, 0.5) is 0 Å². The molecule has 2 aliphatic rings. The van der Waals surface area contributed by atoms with E-state index in [9.17, 15) is 10.1 Å². The highest BCUT2D eigenvalue weighted by Crippen LogP contribution is 2.32. The van der Waals surface area contributed by atoms with Gasteiger partial charge in [-0.2, -0.15) is 5.26 Å². The van der Waals surface area contributed by atoms with Crippen molar-refractivity contribution in [2.24, 2.45) is 4.99 Å². The second-order valence-electron chi connectivity index (χ2n) is 7.60. The quantitative estimate of drug-likeness (QED) is 0.649. The van der Waals surface area contributed by atoms with Crippen molar-refractivity contribution in [3.05, 3.63) is 94.5 Å². The highest BCUT2D eigenvalue weighted by atomic mass is 16.7. The first-order chi connectivity index (χ1) is 15.7. The maximum atomic E-state index is 13.1. The second-order valence-corrected chi connectivity index (χ2v) is 7.60. The zero-order valence-electron chi connectivity index (χ0n) is 17.1. The molecule has 0 bridgehead atoms. The summed E-state index contributed by atoms with van der Waals surface area (Å²) >= 11 is 0. The number of amides is 1. The summed E-state index contributed by atoms with van der Waals surface area (Å²) in [5.41, 5.74) is 0.198. The molecule has 7 heteroatoms. The van der Waals surface area contributed by atoms with Crippen LogP contribution in [0.1, 0.15) is 15.9 Å². The number of fused-ring (bicyclic) bond motifs is 2. The van der Waals surface area contributed by atoms with Gasteiger partial charge < -0.3 is 14.8 Å². The summed E-state index contributed by atoms with van der Waals surface area (Å²) in [5.74, 6) is 0.761. The Hall–Kier alpha value is -4.15. The Kier molecular flexibility index (Phi) is 5.06. The fraction of sp³-hybridized carbons (Fsp3) is 0.160. The lowest BCUT2D eigenvalue weighted by Gasteiger charge is -2.33. The van der Waals surface area contributed by atoms with Crippen LogP contribution >= 0.6 is 0 Å². The SMILES string of the molecule is N#CC1(NCc2ccccc2)C=c2ccccc2=NC1NC(=O)c1ccc2c(c1)OCO2. The summed E-state index contributed by atoms with van der Waals surface area (Å²) in [7, 11) is 0. The molecule has 1 amide bonds. The van der Waals surface area contributed by atoms with E-state index in [0.717, 1.165) is 16.1 Å². The summed E-state index contributed by atoms with van der Waals surface area (Å²) in [6.45, 7) is 0.573. The van der Waals surface area contributed by atoms with Gasteiger partial charge in [-0.05, 0) is 41.1 Å². The van der Waals surface area contributed by atoms with E-state index in [2.05, 4.69) is 16.7 Å². The van der Waals surface area contributed by atoms with E-state index in [4.69, 9.17) is 14.5 Å². The molecule has 5 rings (SSSR count). The van der Waals surface area contributed by atoms with Crippen LogP contribution in [0, 0.1) is 11.3 Å². The maximum absolute atomic E-state index is 13.1. The van der Waals surface area contributed by atoms with E-state index in [0.29, 0.717) is 23.6 Å². The second kappa shape index (κ2) is 8.17. The summed E-state index contributed by atoms with van der Waals surface area (Å²) in [6, 6.07) is 24.7. The van der Waals surface area contributed by atoms with Gasteiger partial charge in [0.1, 0.15) is 0 Å². The number of nitrogens with zero attached hydrogens (tertiary/aromatic N) is 2. The number of carbonyl (C=O) groups excluding carboxylic acids is 1. The van der Waals surface area contributed by atoms with E-state index >= 15 is 0 Å². The number of nitriles is 1. The van der Waals surface area contributed by atoms with Gasteiger partial charge in [-0.15, -0.1) is 0 Å². The molecule has 7 nitrogen and oxygen atoms in total. The van der Waals surface area contributed by atoms with Crippen molar-refractivity contribution in [3.63, 3.8) is 0 Å². The van der Waals surface area contributed by atoms with Crippen molar-refractivity contribution in [3.8, 4) is 17.6 Å². The average molecular weight is 424 g/mol. The van der Waals surface area contributed by atoms with E-state index in [-0.39, 0.29) is 12.7 Å². The van der Waals surface area contributed by atoms with Gasteiger partial charge >= 0.3 is 0 Å². The molecule has 158 valence electrons. The van der Waals surface area contributed by atoms with Crippen molar-refractivity contribution in [1.29, 1.82) is 5.26 Å². The van der Waals surface area contributed by atoms with Gasteiger partial charge in [-0.3, -0.25) is 15.1 Å². The molecule has 0 aliphatic carbocycles. The lowest BCUT2D eigenvalue weighted by Crippen LogP contribution is -2.61. The first kappa shape index (κ1) is 19.8. The van der Waals surface area contributed by atoms with Crippen molar-refractivity contribution in [2.45, 2.75) is 18.2 Å².